The van der Waals surface area contributed by atoms with Crippen molar-refractivity contribution in [1.29, 1.82) is 0 Å². The number of phenols is 1. The van der Waals surface area contributed by atoms with Crippen LogP contribution in [0.4, 0.5) is 0 Å². The van der Waals surface area contributed by atoms with E-state index in [4.69, 9.17) is 23.9 Å². The third-order valence-corrected chi connectivity index (χ3v) is 7.92. The fourth-order valence-corrected chi connectivity index (χ4v) is 5.96. The van der Waals surface area contributed by atoms with Gasteiger partial charge in [-0.15, -0.1) is 0 Å². The van der Waals surface area contributed by atoms with E-state index in [2.05, 4.69) is 0 Å². The summed E-state index contributed by atoms with van der Waals surface area (Å²) in [4.78, 5) is 32.2. The van der Waals surface area contributed by atoms with Crippen LogP contribution in [0.1, 0.15) is 50.4 Å². The zero-order valence-electron chi connectivity index (χ0n) is 25.0. The highest BCUT2D eigenvalue weighted by atomic mass is 32.1. The Morgan fingerprint density at radius 2 is 1.68 bits per heavy atom. The number of phenolic OH excluding ortho intramolecular Hbond substituents is 1. The molecule has 1 aliphatic heterocycles. The number of allylic oxidation sites excluding steroid dienone is 1. The summed E-state index contributed by atoms with van der Waals surface area (Å²) in [6, 6.07) is 19.5. The summed E-state index contributed by atoms with van der Waals surface area (Å²) in [5.74, 6) is 0.877. The van der Waals surface area contributed by atoms with Crippen LogP contribution >= 0.6 is 11.3 Å². The van der Waals surface area contributed by atoms with E-state index in [9.17, 15) is 14.7 Å². The number of aromatic hydroxyl groups is 1. The van der Waals surface area contributed by atoms with E-state index in [-0.39, 0.29) is 29.2 Å². The van der Waals surface area contributed by atoms with Gasteiger partial charge in [-0.1, -0.05) is 53.8 Å². The molecule has 1 aromatic heterocycles. The molecule has 5 rings (SSSR count). The number of benzene rings is 3. The Kier molecular flexibility index (Phi) is 9.50. The number of aromatic nitrogens is 1. The van der Waals surface area contributed by atoms with Crippen LogP contribution < -0.4 is 29.1 Å². The molecule has 1 aliphatic rings. The van der Waals surface area contributed by atoms with Crippen molar-refractivity contribution in [2.24, 2.45) is 4.99 Å². The Hall–Kier alpha value is -4.83. The Bertz CT molecular complexity index is 1880. The molecule has 0 bridgehead atoms. The lowest BCUT2D eigenvalue weighted by molar-refractivity contribution is -0.138. The Morgan fingerprint density at radius 1 is 0.932 bits per heavy atom. The largest absolute Gasteiger partial charge is 0.504 e. The first-order valence-corrected chi connectivity index (χ1v) is 15.2. The second kappa shape index (κ2) is 13.6. The van der Waals surface area contributed by atoms with Gasteiger partial charge in [0.05, 0.1) is 29.9 Å². The molecule has 3 aromatic carbocycles. The van der Waals surface area contributed by atoms with Crippen LogP contribution in [0, 0.1) is 0 Å². The molecule has 0 amide bonds. The number of nitrogens with zero attached hydrogens (tertiary/aromatic N) is 2. The topological polar surface area (TPSA) is 109 Å². The summed E-state index contributed by atoms with van der Waals surface area (Å²) in [6.45, 7) is 8.52. The number of esters is 1. The summed E-state index contributed by atoms with van der Waals surface area (Å²) >= 11 is 1.22. The Labute approximate surface area is 258 Å². The van der Waals surface area contributed by atoms with Crippen molar-refractivity contribution in [1.82, 2.24) is 4.57 Å². The molecule has 0 saturated heterocycles. The predicted octanol–water partition coefficient (Wildman–Crippen LogP) is 4.99. The smallest absolute Gasteiger partial charge is 0.338 e. The second-order valence-electron chi connectivity index (χ2n) is 9.86. The first-order valence-electron chi connectivity index (χ1n) is 14.4. The molecule has 10 heteroatoms. The molecule has 0 radical (unpaired) electrons. The maximum absolute atomic E-state index is 13.7. The molecule has 9 nitrogen and oxygen atoms in total. The quantitative estimate of drug-likeness (QED) is 0.237. The average molecular weight is 615 g/mol. The molecule has 0 fully saturated rings. The van der Waals surface area contributed by atoms with Crippen LogP contribution in [0.5, 0.6) is 23.0 Å². The number of hydrogen-bond acceptors (Lipinski definition) is 9. The molecule has 228 valence electrons. The molecule has 0 unspecified atom stereocenters. The van der Waals surface area contributed by atoms with E-state index in [1.807, 2.05) is 62.4 Å². The molecule has 0 spiro atoms. The van der Waals surface area contributed by atoms with E-state index in [0.717, 1.165) is 11.1 Å². The van der Waals surface area contributed by atoms with Gasteiger partial charge in [-0.3, -0.25) is 9.36 Å². The minimum absolute atomic E-state index is 0.0161. The molecular formula is C34H34N2O7S. The van der Waals surface area contributed by atoms with E-state index in [1.54, 1.807) is 32.1 Å². The molecule has 44 heavy (non-hydrogen) atoms. The predicted molar refractivity (Wildman–Crippen MR) is 169 cm³/mol. The highest BCUT2D eigenvalue weighted by Gasteiger charge is 2.32. The van der Waals surface area contributed by atoms with Crippen molar-refractivity contribution in [3.05, 3.63) is 109 Å². The van der Waals surface area contributed by atoms with Gasteiger partial charge in [-0.05, 0) is 74.7 Å². The molecule has 1 N–H and O–H groups in total. The summed E-state index contributed by atoms with van der Waals surface area (Å²) < 4.78 is 24.7. The number of thiazole rings is 1. The molecule has 2 heterocycles. The number of carbonyl (C=O) groups is 1. The molecular weight excluding hydrogens is 580 g/mol. The maximum Gasteiger partial charge on any atom is 0.338 e. The zero-order chi connectivity index (χ0) is 31.2. The Balaban J connectivity index is 1.57. The van der Waals surface area contributed by atoms with E-state index < -0.39 is 12.0 Å². The fraction of sp³-hybridized carbons (Fsp3) is 0.265. The van der Waals surface area contributed by atoms with Crippen LogP contribution in [0.25, 0.3) is 11.8 Å². The first kappa shape index (κ1) is 30.6. The van der Waals surface area contributed by atoms with Crippen LogP contribution in [0.3, 0.4) is 0 Å². The molecule has 4 aromatic rings. The number of carbonyl (C=O) groups excluding carboxylic acids is 1. The van der Waals surface area contributed by atoms with E-state index in [0.29, 0.717) is 51.9 Å². The van der Waals surface area contributed by atoms with E-state index in [1.165, 1.54) is 22.0 Å². The Morgan fingerprint density at radius 3 is 2.41 bits per heavy atom. The third kappa shape index (κ3) is 6.40. The summed E-state index contributed by atoms with van der Waals surface area (Å²) in [6.07, 6.45) is 1.78. The van der Waals surface area contributed by atoms with Crippen molar-refractivity contribution in [3.8, 4) is 23.0 Å². The number of rotatable bonds is 11. The van der Waals surface area contributed by atoms with Gasteiger partial charge in [0.2, 0.25) is 0 Å². The van der Waals surface area contributed by atoms with Gasteiger partial charge in [-0.25, -0.2) is 9.79 Å². The van der Waals surface area contributed by atoms with Crippen molar-refractivity contribution < 1.29 is 28.8 Å². The third-order valence-electron chi connectivity index (χ3n) is 6.94. The number of fused-ring (bicyclic) bond motifs is 1. The maximum atomic E-state index is 13.7. The lowest BCUT2D eigenvalue weighted by Crippen LogP contribution is -2.35. The molecule has 1 atom stereocenters. The first-order chi connectivity index (χ1) is 21.3. The van der Waals surface area contributed by atoms with Gasteiger partial charge < -0.3 is 24.1 Å². The highest BCUT2D eigenvalue weighted by molar-refractivity contribution is 7.07. The van der Waals surface area contributed by atoms with Crippen molar-refractivity contribution in [2.45, 2.75) is 40.3 Å². The monoisotopic (exact) mass is 614 g/mol. The second-order valence-corrected chi connectivity index (χ2v) is 10.9. The van der Waals surface area contributed by atoms with Crippen LogP contribution in [0.2, 0.25) is 0 Å². The minimum Gasteiger partial charge on any atom is -0.504 e. The summed E-state index contributed by atoms with van der Waals surface area (Å²) in [5, 5.41) is 10.2. The lowest BCUT2D eigenvalue weighted by atomic mass is 9.96. The fourth-order valence-electron chi connectivity index (χ4n) is 4.92. The summed E-state index contributed by atoms with van der Waals surface area (Å²) in [5.41, 5.74) is 2.80. The van der Waals surface area contributed by atoms with Gasteiger partial charge in [0.15, 0.2) is 27.8 Å². The lowest BCUT2D eigenvalue weighted by Gasteiger charge is -2.22. The molecule has 0 saturated carbocycles. The van der Waals surface area contributed by atoms with Crippen LogP contribution in [-0.2, 0) is 16.1 Å². The normalized spacial score (nSPS) is 14.5. The number of hydrogen-bond donors (Lipinski definition) is 1. The van der Waals surface area contributed by atoms with Crippen molar-refractivity contribution >= 4 is 29.1 Å². The minimum atomic E-state index is -0.759. The molecule has 0 aliphatic carbocycles. The average Bonchev–Trinajstić information content (AvgIpc) is 3.33. The zero-order valence-corrected chi connectivity index (χ0v) is 25.8. The van der Waals surface area contributed by atoms with Crippen molar-refractivity contribution in [3.63, 3.8) is 0 Å². The standard InChI is InChI=1S/C34H34N2O7S/c1-5-40-27-19-24(14-15-25(27)37)31-30(33(39)42-7-3)21(4)36-32(38)29(44-34(36)35-31)18-23-13-16-26(28(17-23)41-6-2)43-20-22-11-9-8-10-12-22/h8-19,31,37H,5-7,20H2,1-4H3/b29-18-/t31-/m1/s1. The van der Waals surface area contributed by atoms with Crippen LogP contribution in [0.15, 0.2) is 82.1 Å². The number of ether oxygens (including phenoxy) is 4. The SMILES string of the molecule is CCOC(=O)C1=C(C)n2c(s/c(=C\c3ccc(OCc4ccccc4)c(OCC)c3)c2=O)=N[C@@H]1c1ccc(O)c(OCC)c1. The highest BCUT2D eigenvalue weighted by Crippen LogP contribution is 2.37. The summed E-state index contributed by atoms with van der Waals surface area (Å²) in [7, 11) is 0. The van der Waals surface area contributed by atoms with Gasteiger partial charge in [0, 0.05) is 5.70 Å². The van der Waals surface area contributed by atoms with Crippen molar-refractivity contribution in [2.75, 3.05) is 19.8 Å². The van der Waals surface area contributed by atoms with Gasteiger partial charge in [0.1, 0.15) is 12.6 Å². The van der Waals surface area contributed by atoms with Gasteiger partial charge in [0.25, 0.3) is 5.56 Å². The van der Waals surface area contributed by atoms with Crippen LogP contribution in [-0.4, -0.2) is 35.5 Å². The van der Waals surface area contributed by atoms with Gasteiger partial charge in [-0.2, -0.15) is 0 Å². The van der Waals surface area contributed by atoms with Gasteiger partial charge >= 0.3 is 5.97 Å². The van der Waals surface area contributed by atoms with E-state index >= 15 is 0 Å².